The van der Waals surface area contributed by atoms with Crippen LogP contribution in [0.15, 0.2) is 36.5 Å². The molecule has 1 heterocycles. The van der Waals surface area contributed by atoms with Gasteiger partial charge in [-0.25, -0.2) is 4.79 Å². The molecule has 0 aliphatic rings. The topological polar surface area (TPSA) is 64.4 Å². The van der Waals surface area contributed by atoms with Gasteiger partial charge in [0.05, 0.1) is 23.5 Å². The number of hydrogen-bond acceptors (Lipinski definition) is 3. The van der Waals surface area contributed by atoms with Crippen LogP contribution in [-0.2, 0) is 11.3 Å². The highest BCUT2D eigenvalue weighted by Gasteiger charge is 2.03. The molecule has 0 aliphatic heterocycles. The minimum absolute atomic E-state index is 0.449. The Labute approximate surface area is 127 Å². The second kappa shape index (κ2) is 6.95. The number of carbonyl (C=O) groups is 1. The molecule has 21 heavy (non-hydrogen) atoms. The molecular formula is C15H15ClN2O3. The van der Waals surface area contributed by atoms with Gasteiger partial charge < -0.3 is 9.84 Å². The number of nitrogens with zero attached hydrogens (tertiary/aromatic N) is 2. The zero-order valence-electron chi connectivity index (χ0n) is 11.5. The van der Waals surface area contributed by atoms with Gasteiger partial charge in [-0.1, -0.05) is 23.7 Å². The normalized spacial score (nSPS) is 11.0. The SMILES string of the molecule is Cc1c(Cl)cnn1CCOc1cccc(C=CC(=O)O)c1. The van der Waals surface area contributed by atoms with Crippen molar-refractivity contribution < 1.29 is 14.6 Å². The van der Waals surface area contributed by atoms with Crippen LogP contribution in [0, 0.1) is 6.92 Å². The van der Waals surface area contributed by atoms with E-state index in [9.17, 15) is 4.79 Å². The molecule has 0 bridgehead atoms. The Morgan fingerprint density at radius 3 is 3.00 bits per heavy atom. The van der Waals surface area contributed by atoms with E-state index in [0.717, 1.165) is 17.3 Å². The maximum Gasteiger partial charge on any atom is 0.328 e. The molecule has 0 aliphatic carbocycles. The summed E-state index contributed by atoms with van der Waals surface area (Å²) in [4.78, 5) is 10.5. The van der Waals surface area contributed by atoms with E-state index >= 15 is 0 Å². The molecular weight excluding hydrogens is 292 g/mol. The van der Waals surface area contributed by atoms with Crippen LogP contribution in [0.1, 0.15) is 11.3 Å². The summed E-state index contributed by atoms with van der Waals surface area (Å²) < 4.78 is 7.41. The van der Waals surface area contributed by atoms with Gasteiger partial charge in [0.1, 0.15) is 12.4 Å². The van der Waals surface area contributed by atoms with Crippen LogP contribution < -0.4 is 4.74 Å². The first-order chi connectivity index (χ1) is 10.1. The molecule has 6 heteroatoms. The quantitative estimate of drug-likeness (QED) is 0.833. The van der Waals surface area contributed by atoms with E-state index in [2.05, 4.69) is 5.10 Å². The van der Waals surface area contributed by atoms with Crippen molar-refractivity contribution in [2.24, 2.45) is 0 Å². The maximum absolute atomic E-state index is 10.5. The molecule has 0 fully saturated rings. The Morgan fingerprint density at radius 1 is 1.52 bits per heavy atom. The molecule has 0 amide bonds. The van der Waals surface area contributed by atoms with Crippen molar-refractivity contribution in [1.29, 1.82) is 0 Å². The summed E-state index contributed by atoms with van der Waals surface area (Å²) in [6.45, 7) is 2.94. The second-order valence-electron chi connectivity index (χ2n) is 4.39. The lowest BCUT2D eigenvalue weighted by Gasteiger charge is -2.08. The Balaban J connectivity index is 1.93. The van der Waals surface area contributed by atoms with Crippen molar-refractivity contribution in [1.82, 2.24) is 9.78 Å². The molecule has 110 valence electrons. The Kier molecular flexibility index (Phi) is 5.00. The molecule has 1 aromatic carbocycles. The van der Waals surface area contributed by atoms with Gasteiger partial charge in [0.15, 0.2) is 0 Å². The predicted molar refractivity (Wildman–Crippen MR) is 80.6 cm³/mol. The number of rotatable bonds is 6. The molecule has 0 unspecified atom stereocenters. The zero-order chi connectivity index (χ0) is 15.2. The molecule has 2 aromatic rings. The third kappa shape index (κ3) is 4.36. The average molecular weight is 307 g/mol. The minimum atomic E-state index is -0.979. The zero-order valence-corrected chi connectivity index (χ0v) is 12.2. The molecule has 5 nitrogen and oxygen atoms in total. The third-order valence-electron chi connectivity index (χ3n) is 2.89. The van der Waals surface area contributed by atoms with Crippen LogP contribution in [0.5, 0.6) is 5.75 Å². The Morgan fingerprint density at radius 2 is 2.33 bits per heavy atom. The van der Waals surface area contributed by atoms with E-state index in [1.165, 1.54) is 6.08 Å². The number of carboxylic acids is 1. The number of benzene rings is 1. The number of hydrogen-bond donors (Lipinski definition) is 1. The number of ether oxygens (including phenoxy) is 1. The molecule has 2 rings (SSSR count). The largest absolute Gasteiger partial charge is 0.492 e. The van der Waals surface area contributed by atoms with Gasteiger partial charge in [-0.3, -0.25) is 4.68 Å². The fourth-order valence-electron chi connectivity index (χ4n) is 1.77. The summed E-state index contributed by atoms with van der Waals surface area (Å²) in [6, 6.07) is 7.22. The van der Waals surface area contributed by atoms with Crippen LogP contribution in [0.4, 0.5) is 0 Å². The highest BCUT2D eigenvalue weighted by Crippen LogP contribution is 2.16. The summed E-state index contributed by atoms with van der Waals surface area (Å²) in [5, 5.41) is 13.4. The minimum Gasteiger partial charge on any atom is -0.492 e. The van der Waals surface area contributed by atoms with Crippen LogP contribution in [0.3, 0.4) is 0 Å². The molecule has 1 N–H and O–H groups in total. The molecule has 1 aromatic heterocycles. The van der Waals surface area contributed by atoms with E-state index in [4.69, 9.17) is 21.4 Å². The fourth-order valence-corrected chi connectivity index (χ4v) is 1.92. The monoisotopic (exact) mass is 306 g/mol. The van der Waals surface area contributed by atoms with Crippen molar-refractivity contribution in [3.8, 4) is 5.75 Å². The van der Waals surface area contributed by atoms with Gasteiger partial charge in [0, 0.05) is 6.08 Å². The molecule has 0 radical (unpaired) electrons. The van der Waals surface area contributed by atoms with Gasteiger partial charge in [0.2, 0.25) is 0 Å². The van der Waals surface area contributed by atoms with E-state index in [-0.39, 0.29) is 0 Å². The summed E-state index contributed by atoms with van der Waals surface area (Å²) in [6.07, 6.45) is 4.22. The van der Waals surface area contributed by atoms with Crippen molar-refractivity contribution in [2.75, 3.05) is 6.61 Å². The Hall–Kier alpha value is -2.27. The van der Waals surface area contributed by atoms with Gasteiger partial charge in [0.25, 0.3) is 0 Å². The van der Waals surface area contributed by atoms with E-state index in [1.54, 1.807) is 16.9 Å². The first-order valence-electron chi connectivity index (χ1n) is 6.38. The number of aliphatic carboxylic acids is 1. The number of halogens is 1. The molecule has 0 saturated carbocycles. The standard InChI is InChI=1S/C15H15ClN2O3/c1-11-14(16)10-17-18(11)7-8-21-13-4-2-3-12(9-13)5-6-15(19)20/h2-6,9-10H,7-8H2,1H3,(H,19,20). The fraction of sp³-hybridized carbons (Fsp3) is 0.200. The van der Waals surface area contributed by atoms with E-state index < -0.39 is 5.97 Å². The van der Waals surface area contributed by atoms with Gasteiger partial charge >= 0.3 is 5.97 Å². The lowest BCUT2D eigenvalue weighted by Crippen LogP contribution is -2.10. The first-order valence-corrected chi connectivity index (χ1v) is 6.76. The van der Waals surface area contributed by atoms with Crippen molar-refractivity contribution >= 4 is 23.6 Å². The van der Waals surface area contributed by atoms with Gasteiger partial charge in [-0.05, 0) is 30.7 Å². The highest BCUT2D eigenvalue weighted by atomic mass is 35.5. The third-order valence-corrected chi connectivity index (χ3v) is 3.26. The molecule has 0 spiro atoms. The first kappa shape index (κ1) is 15.1. The molecule has 0 atom stereocenters. The maximum atomic E-state index is 10.5. The molecule has 0 saturated heterocycles. The number of aromatic nitrogens is 2. The smallest absolute Gasteiger partial charge is 0.328 e. The summed E-state index contributed by atoms with van der Waals surface area (Å²) >= 11 is 5.93. The van der Waals surface area contributed by atoms with Crippen molar-refractivity contribution in [3.63, 3.8) is 0 Å². The van der Waals surface area contributed by atoms with E-state index in [1.807, 2.05) is 25.1 Å². The summed E-state index contributed by atoms with van der Waals surface area (Å²) in [7, 11) is 0. The van der Waals surface area contributed by atoms with Crippen LogP contribution in [-0.4, -0.2) is 27.5 Å². The van der Waals surface area contributed by atoms with E-state index in [0.29, 0.717) is 23.9 Å². The predicted octanol–water partition coefficient (Wildman–Crippen LogP) is 3.02. The Bertz CT molecular complexity index is 665. The average Bonchev–Trinajstić information content (AvgIpc) is 2.78. The van der Waals surface area contributed by atoms with Crippen LogP contribution in [0.25, 0.3) is 6.08 Å². The van der Waals surface area contributed by atoms with Crippen molar-refractivity contribution in [3.05, 3.63) is 52.8 Å². The van der Waals surface area contributed by atoms with Crippen molar-refractivity contribution in [2.45, 2.75) is 13.5 Å². The van der Waals surface area contributed by atoms with Crippen LogP contribution >= 0.6 is 11.6 Å². The van der Waals surface area contributed by atoms with Gasteiger partial charge in [-0.15, -0.1) is 0 Å². The van der Waals surface area contributed by atoms with Crippen LogP contribution in [0.2, 0.25) is 5.02 Å². The summed E-state index contributed by atoms with van der Waals surface area (Å²) in [5.41, 5.74) is 1.67. The summed E-state index contributed by atoms with van der Waals surface area (Å²) in [5.74, 6) is -0.300. The lowest BCUT2D eigenvalue weighted by molar-refractivity contribution is -0.131. The number of carboxylic acid groups (broad SMARTS) is 1. The second-order valence-corrected chi connectivity index (χ2v) is 4.80. The highest BCUT2D eigenvalue weighted by molar-refractivity contribution is 6.31. The lowest BCUT2D eigenvalue weighted by atomic mass is 10.2. The van der Waals surface area contributed by atoms with Gasteiger partial charge in [-0.2, -0.15) is 5.10 Å².